The Balaban J connectivity index is 1.83. The second-order valence-corrected chi connectivity index (χ2v) is 6.50. The summed E-state index contributed by atoms with van der Waals surface area (Å²) in [6, 6.07) is 7.81. The minimum absolute atomic E-state index is 0.0563. The second-order valence-electron chi connectivity index (χ2n) is 6.50. The van der Waals surface area contributed by atoms with Gasteiger partial charge in [-0.2, -0.15) is 0 Å². The number of aliphatic hydroxyl groups excluding tert-OH is 1. The summed E-state index contributed by atoms with van der Waals surface area (Å²) in [4.78, 5) is 25.1. The number of halogens is 1. The van der Waals surface area contributed by atoms with Crippen molar-refractivity contribution in [2.75, 3.05) is 19.7 Å². The summed E-state index contributed by atoms with van der Waals surface area (Å²) < 4.78 is 25.3. The Morgan fingerprint density at radius 2 is 1.86 bits per heavy atom. The van der Waals surface area contributed by atoms with Crippen molar-refractivity contribution in [2.24, 2.45) is 0 Å². The number of hydrogen-bond donors (Lipinski definition) is 2. The maximum atomic E-state index is 14.4. The normalized spacial score (nSPS) is 14.2. The van der Waals surface area contributed by atoms with Gasteiger partial charge < -0.3 is 24.6 Å². The van der Waals surface area contributed by atoms with Gasteiger partial charge in [0, 0.05) is 24.7 Å². The highest BCUT2D eigenvalue weighted by Gasteiger charge is 2.22. The molecule has 28 heavy (non-hydrogen) atoms. The first-order chi connectivity index (χ1) is 13.4. The van der Waals surface area contributed by atoms with Crippen molar-refractivity contribution in [2.45, 2.75) is 19.4 Å². The van der Waals surface area contributed by atoms with Crippen LogP contribution in [0.2, 0.25) is 0 Å². The van der Waals surface area contributed by atoms with Crippen LogP contribution in [-0.4, -0.2) is 52.8 Å². The monoisotopic (exact) mass is 389 g/mol. The first kappa shape index (κ1) is 19.6. The van der Waals surface area contributed by atoms with Gasteiger partial charge in [0.05, 0.1) is 12.2 Å². The van der Waals surface area contributed by atoms with Crippen LogP contribution in [0.4, 0.5) is 4.39 Å². The second kappa shape index (κ2) is 8.26. The summed E-state index contributed by atoms with van der Waals surface area (Å²) in [6.45, 7) is 2.68. The lowest BCUT2D eigenvalue weighted by molar-refractivity contribution is 0.0649. The summed E-state index contributed by atoms with van der Waals surface area (Å²) in [5.74, 6) is -2.11. The van der Waals surface area contributed by atoms with Gasteiger partial charge in [-0.05, 0) is 43.7 Å². The lowest BCUT2D eigenvalue weighted by Crippen LogP contribution is -2.42. The molecule has 0 bridgehead atoms. The number of carbonyl (C=O) groups is 2. The topological polar surface area (TPSA) is 96.3 Å². The van der Waals surface area contributed by atoms with E-state index < -0.39 is 17.9 Å². The van der Waals surface area contributed by atoms with Crippen LogP contribution in [0.25, 0.3) is 0 Å². The molecule has 1 fully saturated rings. The molecule has 0 saturated carbocycles. The molecule has 1 saturated heterocycles. The van der Waals surface area contributed by atoms with Crippen molar-refractivity contribution in [1.29, 1.82) is 0 Å². The molecule has 0 aliphatic carbocycles. The van der Waals surface area contributed by atoms with Crippen LogP contribution in [0.5, 0.6) is 17.2 Å². The minimum atomic E-state index is -1.21. The fraction of sp³-hybridized carbons (Fsp3) is 0.300. The number of carboxylic acid groups (broad SMARTS) is 1. The van der Waals surface area contributed by atoms with Gasteiger partial charge in [0.25, 0.3) is 5.91 Å². The van der Waals surface area contributed by atoms with E-state index in [-0.39, 0.29) is 40.9 Å². The molecule has 1 amide bonds. The molecule has 8 heteroatoms. The molecular weight excluding hydrogens is 369 g/mol. The summed E-state index contributed by atoms with van der Waals surface area (Å²) in [5, 5.41) is 18.3. The van der Waals surface area contributed by atoms with Crippen LogP contribution in [0, 0.1) is 5.82 Å². The van der Waals surface area contributed by atoms with E-state index in [9.17, 15) is 19.1 Å². The van der Waals surface area contributed by atoms with Crippen LogP contribution in [0.1, 0.15) is 34.1 Å². The smallest absolute Gasteiger partial charge is 0.335 e. The van der Waals surface area contributed by atoms with E-state index in [2.05, 4.69) is 0 Å². The number of amides is 1. The first-order valence-electron chi connectivity index (χ1n) is 8.80. The molecule has 1 heterocycles. The highest BCUT2D eigenvalue weighted by atomic mass is 19.1. The van der Waals surface area contributed by atoms with Crippen molar-refractivity contribution in [3.05, 3.63) is 53.3 Å². The number of benzene rings is 2. The molecule has 0 spiro atoms. The Morgan fingerprint density at radius 3 is 2.43 bits per heavy atom. The first-order valence-corrected chi connectivity index (χ1v) is 8.80. The van der Waals surface area contributed by atoms with Gasteiger partial charge in [-0.15, -0.1) is 0 Å². The van der Waals surface area contributed by atoms with E-state index in [1.807, 2.05) is 0 Å². The summed E-state index contributed by atoms with van der Waals surface area (Å²) >= 11 is 0. The molecule has 2 N–H and O–H groups in total. The number of carboxylic acids is 1. The molecule has 3 rings (SSSR count). The van der Waals surface area contributed by atoms with E-state index in [0.29, 0.717) is 13.1 Å². The molecule has 0 radical (unpaired) electrons. The van der Waals surface area contributed by atoms with Gasteiger partial charge in [0.15, 0.2) is 11.6 Å². The Hall–Kier alpha value is -3.13. The zero-order valence-corrected chi connectivity index (χ0v) is 15.2. The van der Waals surface area contributed by atoms with Crippen molar-refractivity contribution < 1.29 is 33.7 Å². The standard InChI is InChI=1S/C20H20FNO6/c1-12(11-23)27-15-7-14(20(25)26)8-16(10-15)28-18-4-3-13(9-17(18)21)19(24)22-5-2-6-22/h3-4,7-10,12,23H,2,5-6,11H2,1H3,(H,25,26). The van der Waals surface area contributed by atoms with Crippen LogP contribution < -0.4 is 9.47 Å². The molecule has 2 aromatic rings. The van der Waals surface area contributed by atoms with Gasteiger partial charge in [0.2, 0.25) is 0 Å². The fourth-order valence-corrected chi connectivity index (χ4v) is 2.64. The number of hydrogen-bond acceptors (Lipinski definition) is 5. The van der Waals surface area contributed by atoms with Gasteiger partial charge >= 0.3 is 5.97 Å². The summed E-state index contributed by atoms with van der Waals surface area (Å²) in [6.07, 6.45) is 0.384. The highest BCUT2D eigenvalue weighted by molar-refractivity contribution is 5.94. The SMILES string of the molecule is CC(CO)Oc1cc(Oc2ccc(C(=O)N3CCC3)cc2F)cc(C(=O)O)c1. The zero-order valence-electron chi connectivity index (χ0n) is 15.2. The molecule has 1 aliphatic heterocycles. The largest absolute Gasteiger partial charge is 0.488 e. The van der Waals surface area contributed by atoms with Crippen LogP contribution in [0.15, 0.2) is 36.4 Å². The molecule has 1 atom stereocenters. The van der Waals surface area contributed by atoms with E-state index in [1.54, 1.807) is 11.8 Å². The number of carbonyl (C=O) groups excluding carboxylic acids is 1. The number of nitrogens with zero attached hydrogens (tertiary/aromatic N) is 1. The summed E-state index contributed by atoms with van der Waals surface area (Å²) in [7, 11) is 0. The van der Waals surface area contributed by atoms with Gasteiger partial charge in [-0.1, -0.05) is 0 Å². The van der Waals surface area contributed by atoms with Crippen LogP contribution >= 0.6 is 0 Å². The number of rotatable bonds is 7. The summed E-state index contributed by atoms with van der Waals surface area (Å²) in [5.41, 5.74) is 0.118. The number of aromatic carboxylic acids is 1. The Labute approximate surface area is 160 Å². The third kappa shape index (κ3) is 4.40. The molecule has 1 unspecified atom stereocenters. The Kier molecular flexibility index (Phi) is 5.79. The number of likely N-dealkylation sites (tertiary alicyclic amines) is 1. The predicted molar refractivity (Wildman–Crippen MR) is 97.6 cm³/mol. The third-order valence-electron chi connectivity index (χ3n) is 4.27. The van der Waals surface area contributed by atoms with E-state index in [0.717, 1.165) is 12.5 Å². The maximum absolute atomic E-state index is 14.4. The number of aliphatic hydroxyl groups is 1. The Morgan fingerprint density at radius 1 is 1.14 bits per heavy atom. The number of ether oxygens (including phenoxy) is 2. The molecular formula is C20H20FNO6. The lowest BCUT2D eigenvalue weighted by atomic mass is 10.1. The quantitative estimate of drug-likeness (QED) is 0.756. The average molecular weight is 389 g/mol. The van der Waals surface area contributed by atoms with Crippen molar-refractivity contribution in [3.8, 4) is 17.2 Å². The van der Waals surface area contributed by atoms with Crippen molar-refractivity contribution in [3.63, 3.8) is 0 Å². The zero-order chi connectivity index (χ0) is 20.3. The molecule has 1 aliphatic rings. The fourth-order valence-electron chi connectivity index (χ4n) is 2.64. The predicted octanol–water partition coefficient (Wildman–Crippen LogP) is 2.92. The van der Waals surface area contributed by atoms with E-state index in [1.165, 1.54) is 30.3 Å². The third-order valence-corrected chi connectivity index (χ3v) is 4.27. The molecule has 0 aromatic heterocycles. The lowest BCUT2D eigenvalue weighted by Gasteiger charge is -2.30. The van der Waals surface area contributed by atoms with Gasteiger partial charge in [-0.25, -0.2) is 9.18 Å². The van der Waals surface area contributed by atoms with Crippen LogP contribution in [-0.2, 0) is 0 Å². The highest BCUT2D eigenvalue weighted by Crippen LogP contribution is 2.30. The molecule has 148 valence electrons. The molecule has 7 nitrogen and oxygen atoms in total. The van der Waals surface area contributed by atoms with Crippen molar-refractivity contribution >= 4 is 11.9 Å². The Bertz CT molecular complexity index is 896. The van der Waals surface area contributed by atoms with Crippen molar-refractivity contribution in [1.82, 2.24) is 4.90 Å². The van der Waals surface area contributed by atoms with E-state index in [4.69, 9.17) is 14.6 Å². The molecule has 2 aromatic carbocycles. The van der Waals surface area contributed by atoms with Gasteiger partial charge in [0.1, 0.15) is 17.6 Å². The minimum Gasteiger partial charge on any atom is -0.488 e. The van der Waals surface area contributed by atoms with Gasteiger partial charge in [-0.3, -0.25) is 4.79 Å². The average Bonchev–Trinajstić information content (AvgIpc) is 2.61. The van der Waals surface area contributed by atoms with Crippen LogP contribution in [0.3, 0.4) is 0 Å². The van der Waals surface area contributed by atoms with E-state index >= 15 is 0 Å². The maximum Gasteiger partial charge on any atom is 0.335 e.